The Hall–Kier alpha value is -3.22. The van der Waals surface area contributed by atoms with Gasteiger partial charge in [-0.3, -0.25) is 4.79 Å². The van der Waals surface area contributed by atoms with Crippen LogP contribution in [0.5, 0.6) is 0 Å². The van der Waals surface area contributed by atoms with Gasteiger partial charge in [-0.05, 0) is 48.2 Å². The third-order valence-electron chi connectivity index (χ3n) is 4.50. The van der Waals surface area contributed by atoms with E-state index in [1.165, 1.54) is 40.7 Å². The average Bonchev–Trinajstić information content (AvgIpc) is 2.72. The molecule has 0 aliphatic rings. The van der Waals surface area contributed by atoms with Gasteiger partial charge in [-0.2, -0.15) is 9.57 Å². The van der Waals surface area contributed by atoms with Crippen molar-refractivity contribution in [2.45, 2.75) is 32.6 Å². The van der Waals surface area contributed by atoms with E-state index in [1.807, 2.05) is 33.8 Å². The molecule has 0 fully saturated rings. The minimum atomic E-state index is -3.83. The second kappa shape index (κ2) is 10.4. The van der Waals surface area contributed by atoms with Crippen LogP contribution in [-0.2, 0) is 10.0 Å². The lowest BCUT2D eigenvalue weighted by Crippen LogP contribution is -2.37. The summed E-state index contributed by atoms with van der Waals surface area (Å²) < 4.78 is 27.9. The predicted octanol–water partition coefficient (Wildman–Crippen LogP) is 3.81. The van der Waals surface area contributed by atoms with E-state index in [9.17, 15) is 23.1 Å². The summed E-state index contributed by atoms with van der Waals surface area (Å²) in [7, 11) is -3.83. The number of carbonyl (C=O) groups excluding carboxylic acids is 1. The SMILES string of the molecule is CC(C)CN(CC(C)C)S(=O)(=O)c1cccc(C(=O)Nc2ccc(C#N)cc2C(=O)O)c1. The van der Waals surface area contributed by atoms with E-state index in [4.69, 9.17) is 5.26 Å². The van der Waals surface area contributed by atoms with Gasteiger partial charge in [-0.1, -0.05) is 33.8 Å². The summed E-state index contributed by atoms with van der Waals surface area (Å²) in [5.74, 6) is -1.71. The maximum Gasteiger partial charge on any atom is 0.337 e. The predicted molar refractivity (Wildman–Crippen MR) is 121 cm³/mol. The normalized spacial score (nSPS) is 11.6. The minimum Gasteiger partial charge on any atom is -0.478 e. The van der Waals surface area contributed by atoms with E-state index < -0.39 is 21.9 Å². The summed E-state index contributed by atoms with van der Waals surface area (Å²) in [6, 6.07) is 11.4. The van der Waals surface area contributed by atoms with Crippen LogP contribution >= 0.6 is 0 Å². The van der Waals surface area contributed by atoms with Crippen LogP contribution in [0.3, 0.4) is 0 Å². The Morgan fingerprint density at radius 1 is 1.06 bits per heavy atom. The van der Waals surface area contributed by atoms with Crippen molar-refractivity contribution in [3.05, 3.63) is 59.2 Å². The maximum absolute atomic E-state index is 13.2. The van der Waals surface area contributed by atoms with Gasteiger partial charge < -0.3 is 10.4 Å². The van der Waals surface area contributed by atoms with Crippen LogP contribution in [0, 0.1) is 23.2 Å². The highest BCUT2D eigenvalue weighted by Crippen LogP contribution is 2.22. The lowest BCUT2D eigenvalue weighted by molar-refractivity contribution is 0.0698. The molecule has 0 heterocycles. The second-order valence-electron chi connectivity index (χ2n) is 8.27. The summed E-state index contributed by atoms with van der Waals surface area (Å²) >= 11 is 0. The minimum absolute atomic E-state index is 0.00950. The lowest BCUT2D eigenvalue weighted by Gasteiger charge is -2.25. The number of carboxylic acid groups (broad SMARTS) is 1. The van der Waals surface area contributed by atoms with E-state index in [-0.39, 0.29) is 39.1 Å². The number of hydrogen-bond acceptors (Lipinski definition) is 5. The summed E-state index contributed by atoms with van der Waals surface area (Å²) in [4.78, 5) is 24.3. The van der Waals surface area contributed by atoms with Crippen molar-refractivity contribution in [1.29, 1.82) is 5.26 Å². The Balaban J connectivity index is 2.38. The first kappa shape index (κ1) is 25.0. The fraction of sp³-hybridized carbons (Fsp3) is 0.348. The first-order valence-corrected chi connectivity index (χ1v) is 11.6. The molecule has 0 bridgehead atoms. The number of rotatable bonds is 9. The molecule has 9 heteroatoms. The molecule has 0 aromatic heterocycles. The van der Waals surface area contributed by atoms with Gasteiger partial charge in [0, 0.05) is 18.7 Å². The molecular formula is C23H27N3O5S. The number of nitriles is 1. The molecule has 0 aliphatic heterocycles. The Morgan fingerprint density at radius 2 is 1.69 bits per heavy atom. The molecule has 0 aliphatic carbocycles. The van der Waals surface area contributed by atoms with Crippen LogP contribution in [0.15, 0.2) is 47.4 Å². The molecule has 170 valence electrons. The first-order valence-electron chi connectivity index (χ1n) is 10.1. The van der Waals surface area contributed by atoms with Crippen molar-refractivity contribution in [2.24, 2.45) is 11.8 Å². The van der Waals surface area contributed by atoms with Crippen molar-refractivity contribution < 1.29 is 23.1 Å². The number of carbonyl (C=O) groups is 2. The van der Waals surface area contributed by atoms with Gasteiger partial charge in [0.1, 0.15) is 0 Å². The van der Waals surface area contributed by atoms with Crippen molar-refractivity contribution in [2.75, 3.05) is 18.4 Å². The second-order valence-corrected chi connectivity index (χ2v) is 10.2. The Labute approximate surface area is 188 Å². The molecule has 0 radical (unpaired) electrons. The molecule has 2 aromatic rings. The number of nitrogens with one attached hydrogen (secondary N) is 1. The van der Waals surface area contributed by atoms with Crippen LogP contribution in [-0.4, -0.2) is 42.8 Å². The van der Waals surface area contributed by atoms with Crippen molar-refractivity contribution in [3.8, 4) is 6.07 Å². The van der Waals surface area contributed by atoms with Crippen LogP contribution < -0.4 is 5.32 Å². The van der Waals surface area contributed by atoms with Gasteiger partial charge >= 0.3 is 5.97 Å². The van der Waals surface area contributed by atoms with Crippen molar-refractivity contribution >= 4 is 27.6 Å². The summed E-state index contributed by atoms with van der Waals surface area (Å²) in [6.07, 6.45) is 0. The van der Waals surface area contributed by atoms with Gasteiger partial charge in [0.05, 0.1) is 27.8 Å². The zero-order valence-corrected chi connectivity index (χ0v) is 19.3. The Morgan fingerprint density at radius 3 is 2.22 bits per heavy atom. The molecule has 2 rings (SSSR count). The van der Waals surface area contributed by atoms with Crippen LogP contribution in [0.1, 0.15) is 54.0 Å². The highest BCUT2D eigenvalue weighted by Gasteiger charge is 2.26. The van der Waals surface area contributed by atoms with Gasteiger partial charge in [0.15, 0.2) is 0 Å². The third-order valence-corrected chi connectivity index (χ3v) is 6.33. The number of carboxylic acids is 1. The molecule has 0 spiro atoms. The van der Waals surface area contributed by atoms with E-state index in [0.717, 1.165) is 6.07 Å². The van der Waals surface area contributed by atoms with Crippen LogP contribution in [0.25, 0.3) is 0 Å². The fourth-order valence-corrected chi connectivity index (χ4v) is 4.94. The van der Waals surface area contributed by atoms with Gasteiger partial charge in [0.2, 0.25) is 10.0 Å². The Bertz CT molecular complexity index is 1140. The van der Waals surface area contributed by atoms with Crippen LogP contribution in [0.4, 0.5) is 5.69 Å². The molecule has 1 amide bonds. The van der Waals surface area contributed by atoms with Crippen LogP contribution in [0.2, 0.25) is 0 Å². The maximum atomic E-state index is 13.2. The molecule has 8 nitrogen and oxygen atoms in total. The summed E-state index contributed by atoms with van der Waals surface area (Å²) in [5.41, 5.74) is -0.0121. The largest absolute Gasteiger partial charge is 0.478 e. The molecule has 0 saturated heterocycles. The average molecular weight is 458 g/mol. The topological polar surface area (TPSA) is 128 Å². The van der Waals surface area contributed by atoms with E-state index in [0.29, 0.717) is 13.1 Å². The highest BCUT2D eigenvalue weighted by atomic mass is 32.2. The lowest BCUT2D eigenvalue weighted by atomic mass is 10.1. The summed E-state index contributed by atoms with van der Waals surface area (Å²) in [6.45, 7) is 8.44. The van der Waals surface area contributed by atoms with E-state index in [1.54, 1.807) is 0 Å². The summed E-state index contributed by atoms with van der Waals surface area (Å²) in [5, 5.41) is 20.8. The number of sulfonamides is 1. The molecule has 2 aromatic carbocycles. The van der Waals surface area contributed by atoms with Crippen molar-refractivity contribution in [3.63, 3.8) is 0 Å². The van der Waals surface area contributed by atoms with E-state index in [2.05, 4.69) is 5.32 Å². The molecular weight excluding hydrogens is 430 g/mol. The number of anilines is 1. The van der Waals surface area contributed by atoms with E-state index >= 15 is 0 Å². The van der Waals surface area contributed by atoms with Gasteiger partial charge in [0.25, 0.3) is 5.91 Å². The number of amides is 1. The first-order chi connectivity index (χ1) is 14.9. The Kier molecular flexibility index (Phi) is 8.14. The molecule has 32 heavy (non-hydrogen) atoms. The molecule has 0 saturated carbocycles. The number of aromatic carboxylic acids is 1. The standard InChI is InChI=1S/C23H27N3O5S/c1-15(2)13-26(14-16(3)4)32(30,31)19-7-5-6-18(11-19)22(27)25-21-9-8-17(12-24)10-20(21)23(28)29/h5-11,15-16H,13-14H2,1-4H3,(H,25,27)(H,28,29). The highest BCUT2D eigenvalue weighted by molar-refractivity contribution is 7.89. The molecule has 0 atom stereocenters. The smallest absolute Gasteiger partial charge is 0.337 e. The molecule has 2 N–H and O–H groups in total. The fourth-order valence-electron chi connectivity index (χ4n) is 3.13. The quantitative estimate of drug-likeness (QED) is 0.589. The zero-order valence-electron chi connectivity index (χ0n) is 18.5. The number of nitrogens with zero attached hydrogens (tertiary/aromatic N) is 2. The number of hydrogen-bond donors (Lipinski definition) is 2. The van der Waals surface area contributed by atoms with Gasteiger partial charge in [-0.25, -0.2) is 13.2 Å². The monoisotopic (exact) mass is 457 g/mol. The molecule has 0 unspecified atom stereocenters. The zero-order chi connectivity index (χ0) is 24.1. The third kappa shape index (κ3) is 6.15. The van der Waals surface area contributed by atoms with Gasteiger partial charge in [-0.15, -0.1) is 0 Å². The number of benzene rings is 2. The van der Waals surface area contributed by atoms with Crippen molar-refractivity contribution in [1.82, 2.24) is 4.31 Å².